The SMILES string of the molecule is CC(C)C[C@@H](NC(=O)Nc1ccc(Br)cc1)C(=O)NC(C(=O)O)C(C)(C)C. The molecule has 0 radical (unpaired) electrons. The predicted octanol–water partition coefficient (Wildman–Crippen LogP) is 3.60. The Hall–Kier alpha value is -2.09. The zero-order valence-corrected chi connectivity index (χ0v) is 17.9. The molecule has 1 aromatic rings. The van der Waals surface area contributed by atoms with E-state index < -0.39 is 35.4 Å². The maximum absolute atomic E-state index is 12.6. The standard InChI is InChI=1S/C19H28BrN3O4/c1-11(2)10-14(16(24)23-15(17(25)26)19(3,4)5)22-18(27)21-13-8-6-12(20)7-9-13/h6-9,11,14-15H,10H2,1-5H3,(H,23,24)(H,25,26)(H2,21,22,27)/t14-,15?/m1/s1. The highest BCUT2D eigenvalue weighted by Crippen LogP contribution is 2.20. The second-order valence-electron chi connectivity index (χ2n) is 7.93. The van der Waals surface area contributed by atoms with Crippen LogP contribution in [0.5, 0.6) is 0 Å². The molecule has 1 aromatic carbocycles. The van der Waals surface area contributed by atoms with E-state index in [1.54, 1.807) is 45.0 Å². The number of urea groups is 1. The summed E-state index contributed by atoms with van der Waals surface area (Å²) in [6.07, 6.45) is 0.385. The molecule has 0 aliphatic carbocycles. The Morgan fingerprint density at radius 2 is 1.63 bits per heavy atom. The Labute approximate surface area is 168 Å². The van der Waals surface area contributed by atoms with E-state index in [1.807, 2.05) is 13.8 Å². The average Bonchev–Trinajstić information content (AvgIpc) is 2.52. The fraction of sp³-hybridized carbons (Fsp3) is 0.526. The largest absolute Gasteiger partial charge is 0.480 e. The molecule has 0 aliphatic rings. The number of carbonyl (C=O) groups excluding carboxylic acids is 2. The third-order valence-corrected chi connectivity index (χ3v) is 4.36. The van der Waals surface area contributed by atoms with E-state index in [4.69, 9.17) is 0 Å². The molecule has 0 aliphatic heterocycles. The monoisotopic (exact) mass is 441 g/mol. The van der Waals surface area contributed by atoms with Crippen molar-refractivity contribution < 1.29 is 19.5 Å². The van der Waals surface area contributed by atoms with Gasteiger partial charge >= 0.3 is 12.0 Å². The second-order valence-corrected chi connectivity index (χ2v) is 8.85. The molecule has 0 fully saturated rings. The summed E-state index contributed by atoms with van der Waals surface area (Å²) < 4.78 is 0.882. The summed E-state index contributed by atoms with van der Waals surface area (Å²) in [5, 5.41) is 17.3. The number of carboxylic acids is 1. The van der Waals surface area contributed by atoms with Gasteiger partial charge in [-0.25, -0.2) is 9.59 Å². The fourth-order valence-corrected chi connectivity index (χ4v) is 2.72. The average molecular weight is 442 g/mol. The van der Waals surface area contributed by atoms with Crippen LogP contribution in [-0.2, 0) is 9.59 Å². The van der Waals surface area contributed by atoms with E-state index in [-0.39, 0.29) is 5.92 Å². The van der Waals surface area contributed by atoms with Crippen LogP contribution in [0.4, 0.5) is 10.5 Å². The predicted molar refractivity (Wildman–Crippen MR) is 109 cm³/mol. The number of halogens is 1. The van der Waals surface area contributed by atoms with Gasteiger partial charge in [0.25, 0.3) is 0 Å². The van der Waals surface area contributed by atoms with Gasteiger partial charge in [-0.05, 0) is 42.0 Å². The van der Waals surface area contributed by atoms with Gasteiger partial charge in [-0.3, -0.25) is 4.79 Å². The Bertz CT molecular complexity index is 669. The van der Waals surface area contributed by atoms with Crippen molar-refractivity contribution in [2.75, 3.05) is 5.32 Å². The summed E-state index contributed by atoms with van der Waals surface area (Å²) >= 11 is 3.32. The number of amides is 3. The minimum absolute atomic E-state index is 0.131. The smallest absolute Gasteiger partial charge is 0.326 e. The number of anilines is 1. The number of hydrogen-bond donors (Lipinski definition) is 4. The minimum atomic E-state index is -1.11. The van der Waals surface area contributed by atoms with Crippen LogP contribution in [0.1, 0.15) is 41.0 Å². The summed E-state index contributed by atoms with van der Waals surface area (Å²) in [6.45, 7) is 9.05. The maximum atomic E-state index is 12.6. The highest BCUT2D eigenvalue weighted by Gasteiger charge is 2.34. The van der Waals surface area contributed by atoms with Crippen LogP contribution in [0, 0.1) is 11.3 Å². The Balaban J connectivity index is 2.84. The first-order valence-corrected chi connectivity index (χ1v) is 9.55. The van der Waals surface area contributed by atoms with Gasteiger partial charge in [0.15, 0.2) is 0 Å². The second kappa shape index (κ2) is 9.73. The highest BCUT2D eigenvalue weighted by molar-refractivity contribution is 9.10. The molecule has 8 heteroatoms. The van der Waals surface area contributed by atoms with Crippen LogP contribution >= 0.6 is 15.9 Å². The van der Waals surface area contributed by atoms with E-state index in [0.29, 0.717) is 12.1 Å². The topological polar surface area (TPSA) is 108 Å². The maximum Gasteiger partial charge on any atom is 0.326 e. The summed E-state index contributed by atoms with van der Waals surface area (Å²) in [6, 6.07) is 4.59. The number of hydrogen-bond acceptors (Lipinski definition) is 3. The van der Waals surface area contributed by atoms with Crippen LogP contribution in [0.2, 0.25) is 0 Å². The molecule has 0 heterocycles. The summed E-state index contributed by atoms with van der Waals surface area (Å²) in [7, 11) is 0. The molecule has 0 saturated heterocycles. The van der Waals surface area contributed by atoms with Gasteiger partial charge in [-0.15, -0.1) is 0 Å². The molecule has 0 aromatic heterocycles. The molecule has 0 saturated carbocycles. The lowest BCUT2D eigenvalue weighted by Gasteiger charge is -2.30. The minimum Gasteiger partial charge on any atom is -0.480 e. The summed E-state index contributed by atoms with van der Waals surface area (Å²) in [4.78, 5) is 36.4. The van der Waals surface area contributed by atoms with Gasteiger partial charge in [-0.2, -0.15) is 0 Å². The molecule has 1 rings (SSSR count). The number of carbonyl (C=O) groups is 3. The molecule has 27 heavy (non-hydrogen) atoms. The van der Waals surface area contributed by atoms with Crippen molar-refractivity contribution in [3.05, 3.63) is 28.7 Å². The van der Waals surface area contributed by atoms with Gasteiger partial charge in [0.05, 0.1) is 0 Å². The molecular weight excluding hydrogens is 414 g/mol. The highest BCUT2D eigenvalue weighted by atomic mass is 79.9. The van der Waals surface area contributed by atoms with Crippen LogP contribution in [0.15, 0.2) is 28.7 Å². The van der Waals surface area contributed by atoms with E-state index in [0.717, 1.165) is 4.47 Å². The lowest BCUT2D eigenvalue weighted by molar-refractivity contribution is -0.145. The first kappa shape index (κ1) is 23.0. The zero-order chi connectivity index (χ0) is 20.8. The van der Waals surface area contributed by atoms with Crippen LogP contribution in [0.25, 0.3) is 0 Å². The lowest BCUT2D eigenvalue weighted by Crippen LogP contribution is -2.56. The molecule has 1 unspecified atom stereocenters. The van der Waals surface area contributed by atoms with Crippen molar-refractivity contribution in [1.29, 1.82) is 0 Å². The number of carboxylic acid groups (broad SMARTS) is 1. The Morgan fingerprint density at radius 1 is 1.07 bits per heavy atom. The van der Waals surface area contributed by atoms with E-state index in [2.05, 4.69) is 31.9 Å². The number of benzene rings is 1. The normalized spacial score (nSPS) is 13.6. The summed E-state index contributed by atoms with van der Waals surface area (Å²) in [5.41, 5.74) is -0.0821. The van der Waals surface area contributed by atoms with Crippen molar-refractivity contribution in [3.8, 4) is 0 Å². The van der Waals surface area contributed by atoms with Crippen molar-refractivity contribution >= 4 is 39.5 Å². The van der Waals surface area contributed by atoms with E-state index in [1.165, 1.54) is 0 Å². The van der Waals surface area contributed by atoms with Crippen molar-refractivity contribution in [2.45, 2.75) is 53.1 Å². The third kappa shape index (κ3) is 7.99. The number of rotatable bonds is 7. The van der Waals surface area contributed by atoms with E-state index in [9.17, 15) is 19.5 Å². The zero-order valence-electron chi connectivity index (χ0n) is 16.3. The van der Waals surface area contributed by atoms with Crippen molar-refractivity contribution in [1.82, 2.24) is 10.6 Å². The van der Waals surface area contributed by atoms with Gasteiger partial charge in [0.1, 0.15) is 12.1 Å². The molecule has 0 bridgehead atoms. The number of aliphatic carboxylic acids is 1. The fourth-order valence-electron chi connectivity index (χ4n) is 2.45. The molecule has 150 valence electrons. The Morgan fingerprint density at radius 3 is 2.07 bits per heavy atom. The molecule has 7 nitrogen and oxygen atoms in total. The molecule has 4 N–H and O–H groups in total. The van der Waals surface area contributed by atoms with Crippen molar-refractivity contribution in [3.63, 3.8) is 0 Å². The first-order chi connectivity index (χ1) is 12.4. The van der Waals surface area contributed by atoms with E-state index >= 15 is 0 Å². The quantitative estimate of drug-likeness (QED) is 0.518. The van der Waals surface area contributed by atoms with Crippen LogP contribution < -0.4 is 16.0 Å². The molecule has 2 atom stereocenters. The van der Waals surface area contributed by atoms with Crippen molar-refractivity contribution in [2.24, 2.45) is 11.3 Å². The summed E-state index contributed by atoms with van der Waals surface area (Å²) in [5.74, 6) is -1.50. The van der Waals surface area contributed by atoms with Gasteiger partial charge in [0, 0.05) is 10.2 Å². The van der Waals surface area contributed by atoms with Gasteiger partial charge in [0.2, 0.25) is 5.91 Å². The molecule has 0 spiro atoms. The third-order valence-electron chi connectivity index (χ3n) is 3.83. The van der Waals surface area contributed by atoms with Gasteiger partial charge in [-0.1, -0.05) is 50.5 Å². The molecular formula is C19H28BrN3O4. The number of nitrogens with one attached hydrogen (secondary N) is 3. The Kier molecular flexibility index (Phi) is 8.27. The van der Waals surface area contributed by atoms with Gasteiger partial charge < -0.3 is 21.1 Å². The molecule has 3 amide bonds. The lowest BCUT2D eigenvalue weighted by atomic mass is 9.86. The van der Waals surface area contributed by atoms with Crippen LogP contribution in [-0.4, -0.2) is 35.1 Å². The van der Waals surface area contributed by atoms with Crippen LogP contribution in [0.3, 0.4) is 0 Å². The first-order valence-electron chi connectivity index (χ1n) is 8.76.